The van der Waals surface area contributed by atoms with Gasteiger partial charge in [0.2, 0.25) is 5.91 Å². The van der Waals surface area contributed by atoms with Gasteiger partial charge in [0.25, 0.3) is 0 Å². The molecule has 1 unspecified atom stereocenters. The van der Waals surface area contributed by atoms with Crippen LogP contribution in [-0.2, 0) is 9.53 Å². The van der Waals surface area contributed by atoms with Gasteiger partial charge in [-0.15, -0.1) is 24.8 Å². The molecule has 144 valence electrons. The number of ether oxygens (including phenoxy) is 1. The molecule has 5 nitrogen and oxygen atoms in total. The molecule has 0 saturated carbocycles. The highest BCUT2D eigenvalue weighted by atomic mass is 35.5. The molecule has 1 amide bonds. The Morgan fingerprint density at radius 3 is 2.20 bits per heavy atom. The maximum absolute atomic E-state index is 12.6. The van der Waals surface area contributed by atoms with Gasteiger partial charge in [-0.25, -0.2) is 0 Å². The summed E-state index contributed by atoms with van der Waals surface area (Å²) in [5.41, 5.74) is 8.20. The SMILES string of the molecule is Cc1ccc(C(N)C(=O)N2CCN(CCOC(C)C)CC2)cc1.Cl.Cl. The van der Waals surface area contributed by atoms with E-state index in [4.69, 9.17) is 10.5 Å². The smallest absolute Gasteiger partial charge is 0.244 e. The highest BCUT2D eigenvalue weighted by Gasteiger charge is 2.26. The van der Waals surface area contributed by atoms with E-state index in [1.54, 1.807) is 0 Å². The Hall–Kier alpha value is -0.850. The van der Waals surface area contributed by atoms with Crippen LogP contribution >= 0.6 is 24.8 Å². The van der Waals surface area contributed by atoms with E-state index in [-0.39, 0.29) is 36.8 Å². The number of rotatable bonds is 6. The van der Waals surface area contributed by atoms with Gasteiger partial charge in [0, 0.05) is 32.7 Å². The summed E-state index contributed by atoms with van der Waals surface area (Å²) in [7, 11) is 0. The Balaban J connectivity index is 0.00000288. The summed E-state index contributed by atoms with van der Waals surface area (Å²) < 4.78 is 5.58. The van der Waals surface area contributed by atoms with E-state index in [1.807, 2.05) is 49.9 Å². The first-order chi connectivity index (χ1) is 11.0. The summed E-state index contributed by atoms with van der Waals surface area (Å²) in [5, 5.41) is 0. The van der Waals surface area contributed by atoms with Crippen molar-refractivity contribution in [3.05, 3.63) is 35.4 Å². The van der Waals surface area contributed by atoms with Crippen LogP contribution < -0.4 is 5.73 Å². The van der Waals surface area contributed by atoms with E-state index in [0.29, 0.717) is 0 Å². The summed E-state index contributed by atoms with van der Waals surface area (Å²) >= 11 is 0. The number of benzene rings is 1. The fourth-order valence-electron chi connectivity index (χ4n) is 2.72. The monoisotopic (exact) mass is 391 g/mol. The van der Waals surface area contributed by atoms with Gasteiger partial charge in [-0.1, -0.05) is 29.8 Å². The molecular weight excluding hydrogens is 361 g/mol. The molecule has 7 heteroatoms. The average Bonchev–Trinajstić information content (AvgIpc) is 2.54. The maximum atomic E-state index is 12.6. The molecule has 1 aliphatic rings. The summed E-state index contributed by atoms with van der Waals surface area (Å²) in [6, 6.07) is 7.31. The molecule has 0 aromatic heterocycles. The topological polar surface area (TPSA) is 58.8 Å². The minimum absolute atomic E-state index is 0. The van der Waals surface area contributed by atoms with Crippen LogP contribution in [0.15, 0.2) is 24.3 Å². The zero-order chi connectivity index (χ0) is 16.8. The fraction of sp³-hybridized carbons (Fsp3) is 0.611. The first-order valence-electron chi connectivity index (χ1n) is 8.42. The Kier molecular flexibility index (Phi) is 11.3. The largest absolute Gasteiger partial charge is 0.377 e. The second-order valence-corrected chi connectivity index (χ2v) is 6.47. The van der Waals surface area contributed by atoms with E-state index in [1.165, 1.54) is 5.56 Å². The van der Waals surface area contributed by atoms with Crippen molar-refractivity contribution in [1.29, 1.82) is 0 Å². The third-order valence-electron chi connectivity index (χ3n) is 4.25. The van der Waals surface area contributed by atoms with Gasteiger partial charge in [-0.2, -0.15) is 0 Å². The van der Waals surface area contributed by atoms with E-state index in [0.717, 1.165) is 44.9 Å². The third-order valence-corrected chi connectivity index (χ3v) is 4.25. The summed E-state index contributed by atoms with van der Waals surface area (Å²) in [6.45, 7) is 11.0. The van der Waals surface area contributed by atoms with Crippen molar-refractivity contribution in [3.8, 4) is 0 Å². The number of hydrogen-bond acceptors (Lipinski definition) is 4. The number of aryl methyl sites for hydroxylation is 1. The summed E-state index contributed by atoms with van der Waals surface area (Å²) in [6.07, 6.45) is 0.269. The molecule has 0 bridgehead atoms. The number of carbonyl (C=O) groups excluding carboxylic acids is 1. The zero-order valence-electron chi connectivity index (χ0n) is 15.3. The molecule has 2 N–H and O–H groups in total. The summed E-state index contributed by atoms with van der Waals surface area (Å²) in [5.74, 6) is 0.0203. The zero-order valence-corrected chi connectivity index (χ0v) is 16.9. The van der Waals surface area contributed by atoms with Gasteiger partial charge in [0.05, 0.1) is 12.7 Å². The summed E-state index contributed by atoms with van der Waals surface area (Å²) in [4.78, 5) is 16.8. The van der Waals surface area contributed by atoms with Gasteiger partial charge < -0.3 is 15.4 Å². The fourth-order valence-corrected chi connectivity index (χ4v) is 2.72. The molecule has 1 aromatic carbocycles. The maximum Gasteiger partial charge on any atom is 0.244 e. The lowest BCUT2D eigenvalue weighted by molar-refractivity contribution is -0.134. The lowest BCUT2D eigenvalue weighted by atomic mass is 10.0. The van der Waals surface area contributed by atoms with Gasteiger partial charge in [0.1, 0.15) is 6.04 Å². The van der Waals surface area contributed by atoms with Crippen LogP contribution in [-0.4, -0.2) is 61.1 Å². The Morgan fingerprint density at radius 1 is 1.12 bits per heavy atom. The van der Waals surface area contributed by atoms with E-state index in [2.05, 4.69) is 4.90 Å². The number of piperazine rings is 1. The predicted octanol–water partition coefficient (Wildman–Crippen LogP) is 2.41. The molecule has 0 radical (unpaired) electrons. The second-order valence-electron chi connectivity index (χ2n) is 6.47. The van der Waals surface area contributed by atoms with Crippen molar-refractivity contribution >= 4 is 30.7 Å². The van der Waals surface area contributed by atoms with E-state index < -0.39 is 6.04 Å². The van der Waals surface area contributed by atoms with Crippen LogP contribution in [0.25, 0.3) is 0 Å². The Morgan fingerprint density at radius 2 is 1.68 bits per heavy atom. The normalized spacial score (nSPS) is 16.1. The molecule has 0 spiro atoms. The number of nitrogens with two attached hydrogens (primary N) is 1. The van der Waals surface area contributed by atoms with Crippen LogP contribution in [0.4, 0.5) is 0 Å². The first-order valence-corrected chi connectivity index (χ1v) is 8.42. The number of carbonyl (C=O) groups is 1. The lowest BCUT2D eigenvalue weighted by Gasteiger charge is -2.36. The molecule has 1 fully saturated rings. The highest BCUT2D eigenvalue weighted by Crippen LogP contribution is 2.15. The molecule has 1 aromatic rings. The third kappa shape index (κ3) is 7.50. The number of hydrogen-bond donors (Lipinski definition) is 1. The van der Waals surface area contributed by atoms with Crippen LogP contribution in [0.1, 0.15) is 31.0 Å². The second kappa shape index (κ2) is 11.7. The highest BCUT2D eigenvalue weighted by molar-refractivity contribution is 5.85. The lowest BCUT2D eigenvalue weighted by Crippen LogP contribution is -2.51. The number of nitrogens with zero attached hydrogens (tertiary/aromatic N) is 2. The van der Waals surface area contributed by atoms with Gasteiger partial charge >= 0.3 is 0 Å². The van der Waals surface area contributed by atoms with Gasteiger partial charge in [0.15, 0.2) is 0 Å². The van der Waals surface area contributed by atoms with Crippen molar-refractivity contribution in [2.75, 3.05) is 39.3 Å². The van der Waals surface area contributed by atoms with Crippen molar-refractivity contribution in [1.82, 2.24) is 9.80 Å². The number of halogens is 2. The Bertz CT molecular complexity index is 504. The van der Waals surface area contributed by atoms with Crippen LogP contribution in [0.5, 0.6) is 0 Å². The van der Waals surface area contributed by atoms with Crippen molar-refractivity contribution in [3.63, 3.8) is 0 Å². The minimum atomic E-state index is -0.563. The van der Waals surface area contributed by atoms with Crippen molar-refractivity contribution in [2.24, 2.45) is 5.73 Å². The Labute approximate surface area is 163 Å². The quantitative estimate of drug-likeness (QED) is 0.808. The standard InChI is InChI=1S/C18H29N3O2.2ClH/c1-14(2)23-13-12-20-8-10-21(11-9-20)18(22)17(19)16-6-4-15(3)5-7-16;;/h4-7,14,17H,8-13,19H2,1-3H3;2*1H. The van der Waals surface area contributed by atoms with E-state index >= 15 is 0 Å². The van der Waals surface area contributed by atoms with Crippen molar-refractivity contribution in [2.45, 2.75) is 32.9 Å². The molecule has 1 atom stereocenters. The molecular formula is C18H31Cl2N3O2. The van der Waals surface area contributed by atoms with Crippen LogP contribution in [0.3, 0.4) is 0 Å². The molecule has 1 aliphatic heterocycles. The van der Waals surface area contributed by atoms with Gasteiger partial charge in [-0.3, -0.25) is 9.69 Å². The first kappa shape index (κ1) is 24.1. The number of amides is 1. The van der Waals surface area contributed by atoms with Crippen LogP contribution in [0.2, 0.25) is 0 Å². The molecule has 0 aliphatic carbocycles. The van der Waals surface area contributed by atoms with Crippen molar-refractivity contribution < 1.29 is 9.53 Å². The molecule has 1 heterocycles. The van der Waals surface area contributed by atoms with E-state index in [9.17, 15) is 4.79 Å². The average molecular weight is 392 g/mol. The van der Waals surface area contributed by atoms with Gasteiger partial charge in [-0.05, 0) is 26.3 Å². The molecule has 1 saturated heterocycles. The molecule has 25 heavy (non-hydrogen) atoms. The molecule has 2 rings (SSSR count). The minimum Gasteiger partial charge on any atom is -0.377 e. The predicted molar refractivity (Wildman–Crippen MR) is 107 cm³/mol. The van der Waals surface area contributed by atoms with Crippen LogP contribution in [0, 0.1) is 6.92 Å².